The van der Waals surface area contributed by atoms with E-state index in [1.807, 2.05) is 25.7 Å². The van der Waals surface area contributed by atoms with E-state index in [0.717, 1.165) is 36.4 Å². The molecule has 0 unspecified atom stereocenters. The summed E-state index contributed by atoms with van der Waals surface area (Å²) < 4.78 is 5.16. The predicted octanol–water partition coefficient (Wildman–Crippen LogP) is 2.57. The number of carbonyl (C=O) groups is 2. The van der Waals surface area contributed by atoms with Crippen LogP contribution in [0.5, 0.6) is 0 Å². The van der Waals surface area contributed by atoms with E-state index in [0.29, 0.717) is 25.3 Å². The van der Waals surface area contributed by atoms with E-state index in [4.69, 9.17) is 9.63 Å². The van der Waals surface area contributed by atoms with Gasteiger partial charge in [-0.1, -0.05) is 12.1 Å². The number of rotatable bonds is 6. The molecule has 2 rings (SSSR count). The van der Waals surface area contributed by atoms with Crippen molar-refractivity contribution in [3.63, 3.8) is 0 Å². The Labute approximate surface area is 136 Å². The summed E-state index contributed by atoms with van der Waals surface area (Å²) in [4.78, 5) is 25.3. The molecule has 6 nitrogen and oxygen atoms in total. The van der Waals surface area contributed by atoms with Crippen LogP contribution in [-0.4, -0.2) is 40.1 Å². The number of nitrogens with zero attached hydrogens (tertiary/aromatic N) is 2. The summed E-state index contributed by atoms with van der Waals surface area (Å²) in [6.07, 6.45) is 3.43. The second-order valence-electron chi connectivity index (χ2n) is 6.63. The summed E-state index contributed by atoms with van der Waals surface area (Å²) in [6, 6.07) is 0. The molecule has 128 valence electrons. The first-order chi connectivity index (χ1) is 10.9. The summed E-state index contributed by atoms with van der Waals surface area (Å²) in [5.74, 6) is 0.338. The van der Waals surface area contributed by atoms with Crippen molar-refractivity contribution in [1.82, 2.24) is 10.1 Å². The van der Waals surface area contributed by atoms with E-state index in [-0.39, 0.29) is 18.2 Å². The maximum Gasteiger partial charge on any atom is 0.303 e. The molecule has 0 radical (unpaired) electrons. The van der Waals surface area contributed by atoms with E-state index in [1.54, 1.807) is 0 Å². The number of hydrogen-bond acceptors (Lipinski definition) is 4. The van der Waals surface area contributed by atoms with Crippen molar-refractivity contribution >= 4 is 11.9 Å². The highest BCUT2D eigenvalue weighted by Gasteiger charge is 2.28. The molecule has 1 fully saturated rings. The van der Waals surface area contributed by atoms with E-state index in [9.17, 15) is 9.59 Å². The Balaban J connectivity index is 1.92. The fourth-order valence-electron chi connectivity index (χ4n) is 3.33. The van der Waals surface area contributed by atoms with Gasteiger partial charge >= 0.3 is 5.97 Å². The van der Waals surface area contributed by atoms with Crippen molar-refractivity contribution in [2.24, 2.45) is 11.8 Å². The smallest absolute Gasteiger partial charge is 0.303 e. The third kappa shape index (κ3) is 4.56. The molecule has 1 amide bonds. The minimum Gasteiger partial charge on any atom is -0.481 e. The van der Waals surface area contributed by atoms with Crippen LogP contribution in [0.1, 0.15) is 49.6 Å². The molecule has 0 spiro atoms. The van der Waals surface area contributed by atoms with Gasteiger partial charge in [-0.2, -0.15) is 0 Å². The van der Waals surface area contributed by atoms with Gasteiger partial charge in [-0.25, -0.2) is 0 Å². The second-order valence-corrected chi connectivity index (χ2v) is 6.63. The molecule has 6 heteroatoms. The maximum absolute atomic E-state index is 12.7. The van der Waals surface area contributed by atoms with Crippen molar-refractivity contribution in [3.05, 3.63) is 17.0 Å². The summed E-state index contributed by atoms with van der Waals surface area (Å²) in [5.41, 5.74) is 1.87. The highest BCUT2D eigenvalue weighted by atomic mass is 16.5. The Morgan fingerprint density at radius 3 is 2.78 bits per heavy atom. The maximum atomic E-state index is 12.7. The molecule has 2 heterocycles. The Morgan fingerprint density at radius 2 is 2.17 bits per heavy atom. The molecule has 1 saturated heterocycles. The largest absolute Gasteiger partial charge is 0.481 e. The third-order valence-electron chi connectivity index (χ3n) is 4.71. The van der Waals surface area contributed by atoms with Gasteiger partial charge in [-0.05, 0) is 45.4 Å². The quantitative estimate of drug-likeness (QED) is 0.870. The van der Waals surface area contributed by atoms with Crippen molar-refractivity contribution in [2.45, 2.75) is 52.9 Å². The lowest BCUT2D eigenvalue weighted by atomic mass is 9.91. The zero-order valence-electron chi connectivity index (χ0n) is 14.2. The Morgan fingerprint density at radius 1 is 1.43 bits per heavy atom. The molecule has 1 aromatic heterocycles. The molecular formula is C17H26N2O4. The molecule has 2 atom stereocenters. The molecule has 0 aromatic carbocycles. The number of amides is 1. The van der Waals surface area contributed by atoms with Gasteiger partial charge in [0, 0.05) is 31.0 Å². The van der Waals surface area contributed by atoms with Crippen LogP contribution in [-0.2, 0) is 16.0 Å². The first-order valence-electron chi connectivity index (χ1n) is 8.30. The van der Waals surface area contributed by atoms with Gasteiger partial charge in [-0.3, -0.25) is 9.59 Å². The van der Waals surface area contributed by atoms with E-state index in [2.05, 4.69) is 5.16 Å². The Hall–Kier alpha value is -1.85. The fraction of sp³-hybridized carbons (Fsp3) is 0.706. The minimum atomic E-state index is -0.764. The number of piperidine rings is 1. The third-order valence-corrected chi connectivity index (χ3v) is 4.71. The Kier molecular flexibility index (Phi) is 5.80. The lowest BCUT2D eigenvalue weighted by Crippen LogP contribution is -2.43. The predicted molar refractivity (Wildman–Crippen MR) is 85.0 cm³/mol. The van der Waals surface area contributed by atoms with Crippen molar-refractivity contribution in [2.75, 3.05) is 13.1 Å². The number of hydrogen-bond donors (Lipinski definition) is 1. The zero-order valence-corrected chi connectivity index (χ0v) is 14.2. The van der Waals surface area contributed by atoms with Gasteiger partial charge in [0.05, 0.1) is 5.69 Å². The number of carbonyl (C=O) groups excluding carboxylic acids is 1. The number of aromatic nitrogens is 1. The molecule has 0 bridgehead atoms. The molecule has 1 N–H and O–H groups in total. The number of aliphatic carboxylic acids is 1. The van der Waals surface area contributed by atoms with Gasteiger partial charge in [0.2, 0.25) is 5.91 Å². The minimum absolute atomic E-state index is 0.120. The van der Waals surface area contributed by atoms with Crippen LogP contribution in [0.25, 0.3) is 0 Å². The standard InChI is InChI=1S/C17H26N2O4/c1-11(9-15-12(2)18-23-13(15)3)17(22)19-8-4-5-14(10-19)6-7-16(20)21/h11,14H,4-10H2,1-3H3,(H,20,21)/t11-,14+/m1/s1. The molecular weight excluding hydrogens is 296 g/mol. The van der Waals surface area contributed by atoms with Crippen molar-refractivity contribution < 1.29 is 19.2 Å². The van der Waals surface area contributed by atoms with Gasteiger partial charge in [0.15, 0.2) is 0 Å². The topological polar surface area (TPSA) is 83.6 Å². The van der Waals surface area contributed by atoms with Crippen LogP contribution < -0.4 is 0 Å². The number of likely N-dealkylation sites (tertiary alicyclic amines) is 1. The van der Waals surface area contributed by atoms with Gasteiger partial charge in [0.1, 0.15) is 5.76 Å². The first kappa shape index (κ1) is 17.5. The SMILES string of the molecule is Cc1noc(C)c1C[C@@H](C)C(=O)N1CCC[C@@H](CCC(=O)O)C1. The van der Waals surface area contributed by atoms with Gasteiger partial charge < -0.3 is 14.5 Å². The highest BCUT2D eigenvalue weighted by molar-refractivity contribution is 5.79. The van der Waals surface area contributed by atoms with Crippen LogP contribution in [0.15, 0.2) is 4.52 Å². The molecule has 23 heavy (non-hydrogen) atoms. The summed E-state index contributed by atoms with van der Waals surface area (Å²) in [5, 5.41) is 12.7. The van der Waals surface area contributed by atoms with Gasteiger partial charge in [-0.15, -0.1) is 0 Å². The van der Waals surface area contributed by atoms with Crippen molar-refractivity contribution in [3.8, 4) is 0 Å². The monoisotopic (exact) mass is 322 g/mol. The molecule has 1 aliphatic heterocycles. The van der Waals surface area contributed by atoms with Crippen LogP contribution in [0.3, 0.4) is 0 Å². The van der Waals surface area contributed by atoms with E-state index in [1.165, 1.54) is 0 Å². The molecule has 0 saturated carbocycles. The van der Waals surface area contributed by atoms with Crippen LogP contribution in [0.4, 0.5) is 0 Å². The average Bonchev–Trinajstić information content (AvgIpc) is 2.84. The highest BCUT2D eigenvalue weighted by Crippen LogP contribution is 2.24. The molecule has 1 aromatic rings. The van der Waals surface area contributed by atoms with Crippen LogP contribution >= 0.6 is 0 Å². The summed E-state index contributed by atoms with van der Waals surface area (Å²) in [7, 11) is 0. The molecule has 1 aliphatic rings. The van der Waals surface area contributed by atoms with Gasteiger partial charge in [0.25, 0.3) is 0 Å². The number of aryl methyl sites for hydroxylation is 2. The lowest BCUT2D eigenvalue weighted by Gasteiger charge is -2.34. The fourth-order valence-corrected chi connectivity index (χ4v) is 3.33. The van der Waals surface area contributed by atoms with Crippen molar-refractivity contribution in [1.29, 1.82) is 0 Å². The Bertz CT molecular complexity index is 547. The normalized spacial score (nSPS) is 19.6. The second kappa shape index (κ2) is 7.62. The number of carboxylic acids is 1. The van der Waals surface area contributed by atoms with Crippen LogP contribution in [0, 0.1) is 25.7 Å². The lowest BCUT2D eigenvalue weighted by molar-refractivity contribution is -0.137. The number of carboxylic acid groups (broad SMARTS) is 1. The zero-order chi connectivity index (χ0) is 17.0. The summed E-state index contributed by atoms with van der Waals surface area (Å²) >= 11 is 0. The van der Waals surface area contributed by atoms with E-state index >= 15 is 0 Å². The van der Waals surface area contributed by atoms with E-state index < -0.39 is 5.97 Å². The summed E-state index contributed by atoms with van der Waals surface area (Å²) in [6.45, 7) is 7.16. The average molecular weight is 322 g/mol. The molecule has 0 aliphatic carbocycles. The van der Waals surface area contributed by atoms with Crippen LogP contribution in [0.2, 0.25) is 0 Å². The first-order valence-corrected chi connectivity index (χ1v) is 8.30.